The first-order valence-corrected chi connectivity index (χ1v) is 8.01. The van der Waals surface area contributed by atoms with Crippen molar-refractivity contribution in [1.29, 1.82) is 5.26 Å². The zero-order valence-electron chi connectivity index (χ0n) is 11.9. The normalized spacial score (nSPS) is 12.4. The molecular formula is C16H15N3S2. The largest absolute Gasteiger partial charge is 0.329 e. The molecule has 0 amide bonds. The van der Waals surface area contributed by atoms with Crippen LogP contribution in [-0.2, 0) is 6.42 Å². The molecule has 21 heavy (non-hydrogen) atoms. The van der Waals surface area contributed by atoms with Crippen LogP contribution in [0.3, 0.4) is 0 Å². The quantitative estimate of drug-likeness (QED) is 0.710. The van der Waals surface area contributed by atoms with Gasteiger partial charge < -0.3 is 9.55 Å². The Balaban J connectivity index is 2.06. The molecule has 0 saturated heterocycles. The Morgan fingerprint density at radius 3 is 2.86 bits per heavy atom. The van der Waals surface area contributed by atoms with E-state index in [0.717, 1.165) is 17.5 Å². The number of nitriles is 1. The Hall–Kier alpha value is -1.90. The number of para-hydroxylation sites is 1. The van der Waals surface area contributed by atoms with E-state index >= 15 is 0 Å². The number of hydrogen-bond acceptors (Lipinski definition) is 3. The summed E-state index contributed by atoms with van der Waals surface area (Å²) in [5.41, 5.74) is 2.47. The monoisotopic (exact) mass is 313 g/mol. The highest BCUT2D eigenvalue weighted by atomic mass is 32.1. The van der Waals surface area contributed by atoms with Gasteiger partial charge in [-0.15, -0.1) is 11.3 Å². The highest BCUT2D eigenvalue weighted by Crippen LogP contribution is 2.26. The number of nitrogens with one attached hydrogen (secondary N) is 1. The summed E-state index contributed by atoms with van der Waals surface area (Å²) in [5, 5.41) is 9.20. The average Bonchev–Trinajstić information content (AvgIpc) is 3.00. The molecular weight excluding hydrogens is 298 g/mol. The van der Waals surface area contributed by atoms with Crippen LogP contribution in [-0.4, -0.2) is 9.55 Å². The van der Waals surface area contributed by atoms with Gasteiger partial charge >= 0.3 is 0 Å². The fourth-order valence-corrected chi connectivity index (χ4v) is 4.05. The lowest BCUT2D eigenvalue weighted by molar-refractivity contribution is 0.557. The van der Waals surface area contributed by atoms with Gasteiger partial charge in [0.15, 0.2) is 4.77 Å². The molecule has 1 N–H and O–H groups in total. The van der Waals surface area contributed by atoms with E-state index in [9.17, 15) is 5.26 Å². The minimum atomic E-state index is 0.248. The summed E-state index contributed by atoms with van der Waals surface area (Å²) >= 11 is 7.28. The van der Waals surface area contributed by atoms with Crippen LogP contribution in [0.1, 0.15) is 28.3 Å². The van der Waals surface area contributed by atoms with Crippen molar-refractivity contribution in [1.82, 2.24) is 9.55 Å². The molecule has 1 atom stereocenters. The molecule has 3 aromatic rings. The summed E-state index contributed by atoms with van der Waals surface area (Å²) in [4.78, 5) is 5.86. The van der Waals surface area contributed by atoms with Crippen molar-refractivity contribution in [2.24, 2.45) is 0 Å². The lowest BCUT2D eigenvalue weighted by Gasteiger charge is -2.13. The maximum atomic E-state index is 9.20. The lowest BCUT2D eigenvalue weighted by atomic mass is 10.1. The second-order valence-electron chi connectivity index (χ2n) is 5.18. The van der Waals surface area contributed by atoms with Crippen LogP contribution in [0.25, 0.3) is 11.0 Å². The van der Waals surface area contributed by atoms with Crippen LogP contribution < -0.4 is 0 Å². The van der Waals surface area contributed by atoms with E-state index in [1.165, 1.54) is 9.75 Å². The molecule has 0 aliphatic heterocycles. The van der Waals surface area contributed by atoms with Gasteiger partial charge in [-0.1, -0.05) is 6.07 Å². The molecule has 3 rings (SSSR count). The smallest absolute Gasteiger partial charge is 0.178 e. The van der Waals surface area contributed by atoms with Gasteiger partial charge in [0, 0.05) is 22.2 Å². The summed E-state index contributed by atoms with van der Waals surface area (Å²) in [6.45, 7) is 4.28. The van der Waals surface area contributed by atoms with Crippen molar-refractivity contribution >= 4 is 34.6 Å². The molecule has 1 unspecified atom stereocenters. The summed E-state index contributed by atoms with van der Waals surface area (Å²) in [6.07, 6.45) is 0.941. The first-order valence-electron chi connectivity index (χ1n) is 6.79. The summed E-state index contributed by atoms with van der Waals surface area (Å²) in [6, 6.07) is 12.5. The Kier molecular flexibility index (Phi) is 3.66. The minimum Gasteiger partial charge on any atom is -0.329 e. The summed E-state index contributed by atoms with van der Waals surface area (Å²) in [5.74, 6) is 0. The topological polar surface area (TPSA) is 44.5 Å². The van der Waals surface area contributed by atoms with E-state index in [-0.39, 0.29) is 6.04 Å². The third-order valence-electron chi connectivity index (χ3n) is 3.61. The molecule has 0 aliphatic carbocycles. The second-order valence-corrected chi connectivity index (χ2v) is 6.94. The number of imidazole rings is 1. The van der Waals surface area contributed by atoms with Crippen LogP contribution in [0.5, 0.6) is 0 Å². The number of H-pyrrole nitrogens is 1. The van der Waals surface area contributed by atoms with Crippen molar-refractivity contribution < 1.29 is 0 Å². The Labute approximate surface area is 132 Å². The zero-order valence-corrected chi connectivity index (χ0v) is 13.5. The molecule has 0 saturated carbocycles. The number of benzene rings is 1. The number of aryl methyl sites for hydroxylation is 1. The van der Waals surface area contributed by atoms with Crippen molar-refractivity contribution in [2.45, 2.75) is 26.3 Å². The standard InChI is InChI=1S/C16H15N3S2/c1-10(8-13-7-6-11(2)21-13)19-14-5-3-4-12(9-17)15(14)18-16(19)20/h3-7,10H,8H2,1-2H3,(H,18,20). The van der Waals surface area contributed by atoms with E-state index in [0.29, 0.717) is 10.3 Å². The SMILES string of the molecule is Cc1ccc(CC(C)n2c(=S)[nH]c3c(C#N)cccc32)s1. The van der Waals surface area contributed by atoms with Crippen LogP contribution in [0.4, 0.5) is 0 Å². The fourth-order valence-electron chi connectivity index (χ4n) is 2.66. The van der Waals surface area contributed by atoms with Gasteiger partial charge in [-0.05, 0) is 50.3 Å². The van der Waals surface area contributed by atoms with Gasteiger partial charge in [0.05, 0.1) is 16.6 Å². The number of fused-ring (bicyclic) bond motifs is 1. The minimum absolute atomic E-state index is 0.248. The molecule has 0 fully saturated rings. The second kappa shape index (κ2) is 5.47. The highest BCUT2D eigenvalue weighted by Gasteiger charge is 2.14. The van der Waals surface area contributed by atoms with Crippen molar-refractivity contribution in [3.63, 3.8) is 0 Å². The molecule has 2 aromatic heterocycles. The van der Waals surface area contributed by atoms with Crippen LogP contribution >= 0.6 is 23.6 Å². The van der Waals surface area contributed by atoms with Gasteiger partial charge in [0.25, 0.3) is 0 Å². The molecule has 0 spiro atoms. The number of nitrogens with zero attached hydrogens (tertiary/aromatic N) is 2. The Morgan fingerprint density at radius 2 is 2.19 bits per heavy atom. The van der Waals surface area contributed by atoms with Gasteiger partial charge in [-0.3, -0.25) is 0 Å². The first-order chi connectivity index (χ1) is 10.1. The predicted octanol–water partition coefficient (Wildman–Crippen LogP) is 4.74. The first kappa shape index (κ1) is 14.1. The number of aromatic amines is 1. The van der Waals surface area contributed by atoms with Crippen LogP contribution in [0.2, 0.25) is 0 Å². The van der Waals surface area contributed by atoms with Crippen LogP contribution in [0, 0.1) is 23.0 Å². The number of aromatic nitrogens is 2. The summed E-state index contributed by atoms with van der Waals surface area (Å²) in [7, 11) is 0. The maximum absolute atomic E-state index is 9.20. The molecule has 3 nitrogen and oxygen atoms in total. The average molecular weight is 313 g/mol. The Morgan fingerprint density at radius 1 is 1.38 bits per heavy atom. The molecule has 0 radical (unpaired) electrons. The van der Waals surface area contributed by atoms with Crippen molar-refractivity contribution in [2.75, 3.05) is 0 Å². The zero-order chi connectivity index (χ0) is 15.0. The molecule has 1 aromatic carbocycles. The van der Waals surface area contributed by atoms with E-state index in [4.69, 9.17) is 12.2 Å². The molecule has 5 heteroatoms. The van der Waals surface area contributed by atoms with Gasteiger partial charge in [0.1, 0.15) is 6.07 Å². The van der Waals surface area contributed by atoms with E-state index in [1.54, 1.807) is 0 Å². The summed E-state index contributed by atoms with van der Waals surface area (Å²) < 4.78 is 2.79. The Bertz CT molecular complexity index is 892. The number of hydrogen-bond donors (Lipinski definition) is 1. The molecule has 106 valence electrons. The van der Waals surface area contributed by atoms with Gasteiger partial charge in [-0.2, -0.15) is 5.26 Å². The van der Waals surface area contributed by atoms with Crippen molar-refractivity contribution in [3.8, 4) is 6.07 Å². The van der Waals surface area contributed by atoms with E-state index in [2.05, 4.69) is 41.6 Å². The van der Waals surface area contributed by atoms with Gasteiger partial charge in [0.2, 0.25) is 0 Å². The third-order valence-corrected chi connectivity index (χ3v) is 4.93. The third kappa shape index (κ3) is 2.53. The molecule has 0 aliphatic rings. The van der Waals surface area contributed by atoms with E-state index < -0.39 is 0 Å². The maximum Gasteiger partial charge on any atom is 0.178 e. The van der Waals surface area contributed by atoms with E-state index in [1.807, 2.05) is 29.5 Å². The lowest BCUT2D eigenvalue weighted by Crippen LogP contribution is -2.07. The predicted molar refractivity (Wildman–Crippen MR) is 89.3 cm³/mol. The fraction of sp³-hybridized carbons (Fsp3) is 0.250. The van der Waals surface area contributed by atoms with Gasteiger partial charge in [-0.25, -0.2) is 0 Å². The number of thiophene rings is 1. The van der Waals surface area contributed by atoms with Crippen molar-refractivity contribution in [3.05, 3.63) is 50.4 Å². The van der Waals surface area contributed by atoms with Crippen LogP contribution in [0.15, 0.2) is 30.3 Å². The number of rotatable bonds is 3. The molecule has 2 heterocycles. The molecule has 0 bridgehead atoms. The highest BCUT2D eigenvalue weighted by molar-refractivity contribution is 7.71.